The first-order chi connectivity index (χ1) is 7.74. The van der Waals surface area contributed by atoms with Gasteiger partial charge < -0.3 is 11.1 Å². The summed E-state index contributed by atoms with van der Waals surface area (Å²) in [5, 5.41) is 3.03. The fourth-order valence-corrected chi connectivity index (χ4v) is 2.69. The number of unbranched alkanes of at least 4 members (excludes halogenated alkanes) is 1. The normalized spacial score (nSPS) is 25.4. The molecule has 0 bridgehead atoms. The summed E-state index contributed by atoms with van der Waals surface area (Å²) in [5.74, 6) is 1.58. The Kier molecular flexibility index (Phi) is 6.88. The second-order valence-corrected chi connectivity index (χ2v) is 5.60. The Bertz CT molecular complexity index is 211. The number of hydrogen-bond acceptors (Lipinski definition) is 3. The lowest BCUT2D eigenvalue weighted by Gasteiger charge is -2.25. The van der Waals surface area contributed by atoms with Gasteiger partial charge in [0.1, 0.15) is 0 Å². The van der Waals surface area contributed by atoms with Crippen LogP contribution in [0.4, 0.5) is 0 Å². The van der Waals surface area contributed by atoms with Crippen LogP contribution in [0.15, 0.2) is 0 Å². The molecular weight excluding hydrogens is 220 g/mol. The third-order valence-electron chi connectivity index (χ3n) is 3.16. The minimum atomic E-state index is 0.171. The van der Waals surface area contributed by atoms with Crippen LogP contribution in [0, 0.1) is 5.92 Å². The average molecular weight is 244 g/mol. The molecular formula is C12H24N2OS. The average Bonchev–Trinajstić information content (AvgIpc) is 2.28. The summed E-state index contributed by atoms with van der Waals surface area (Å²) in [5.41, 5.74) is 5.87. The number of nitrogens with two attached hydrogens (primary N) is 1. The predicted molar refractivity (Wildman–Crippen MR) is 70.6 cm³/mol. The first-order valence-electron chi connectivity index (χ1n) is 6.26. The molecule has 1 saturated carbocycles. The van der Waals surface area contributed by atoms with Crippen molar-refractivity contribution in [3.63, 3.8) is 0 Å². The summed E-state index contributed by atoms with van der Waals surface area (Å²) >= 11 is 1.86. The molecule has 0 heterocycles. The number of carbonyl (C=O) groups excluding carboxylic acids is 1. The fourth-order valence-electron chi connectivity index (χ4n) is 2.19. The molecule has 0 spiro atoms. The van der Waals surface area contributed by atoms with E-state index in [-0.39, 0.29) is 17.9 Å². The third kappa shape index (κ3) is 5.21. The molecule has 0 aliphatic heterocycles. The van der Waals surface area contributed by atoms with Crippen molar-refractivity contribution in [2.45, 2.75) is 44.6 Å². The highest BCUT2D eigenvalue weighted by Crippen LogP contribution is 2.22. The fraction of sp³-hybridized carbons (Fsp3) is 0.917. The summed E-state index contributed by atoms with van der Waals surface area (Å²) < 4.78 is 0. The van der Waals surface area contributed by atoms with Crippen molar-refractivity contribution in [3.8, 4) is 0 Å². The first kappa shape index (κ1) is 13.8. The molecule has 1 rings (SSSR count). The molecule has 1 amide bonds. The number of amides is 1. The minimum absolute atomic E-state index is 0.171. The highest BCUT2D eigenvalue weighted by molar-refractivity contribution is 7.98. The zero-order valence-corrected chi connectivity index (χ0v) is 11.0. The summed E-state index contributed by atoms with van der Waals surface area (Å²) in [4.78, 5) is 11.8. The quantitative estimate of drug-likeness (QED) is 0.700. The molecule has 0 saturated heterocycles. The van der Waals surface area contributed by atoms with Crippen molar-refractivity contribution >= 4 is 17.7 Å². The van der Waals surface area contributed by atoms with Gasteiger partial charge in [-0.2, -0.15) is 11.8 Å². The van der Waals surface area contributed by atoms with Crippen LogP contribution >= 0.6 is 11.8 Å². The molecule has 0 radical (unpaired) electrons. The topological polar surface area (TPSA) is 55.1 Å². The second-order valence-electron chi connectivity index (χ2n) is 4.61. The maximum Gasteiger partial charge on any atom is 0.223 e. The van der Waals surface area contributed by atoms with E-state index in [1.165, 1.54) is 12.2 Å². The van der Waals surface area contributed by atoms with Gasteiger partial charge in [0.05, 0.1) is 0 Å². The predicted octanol–water partition coefficient (Wildman–Crippen LogP) is 1.76. The number of thioether (sulfide) groups is 1. The van der Waals surface area contributed by atoms with Gasteiger partial charge in [0.25, 0.3) is 0 Å². The lowest BCUT2D eigenvalue weighted by molar-refractivity contribution is -0.126. The Morgan fingerprint density at radius 3 is 2.94 bits per heavy atom. The second kappa shape index (κ2) is 7.96. The summed E-state index contributed by atoms with van der Waals surface area (Å²) in [7, 11) is 0. The maximum atomic E-state index is 11.8. The van der Waals surface area contributed by atoms with E-state index in [0.29, 0.717) is 0 Å². The molecule has 1 aliphatic carbocycles. The van der Waals surface area contributed by atoms with E-state index in [4.69, 9.17) is 5.73 Å². The lowest BCUT2D eigenvalue weighted by Crippen LogP contribution is -2.38. The summed E-state index contributed by atoms with van der Waals surface area (Å²) in [6.07, 6.45) is 8.46. The van der Waals surface area contributed by atoms with Crippen LogP contribution in [-0.4, -0.2) is 30.5 Å². The number of hydrogen-bond donors (Lipinski definition) is 2. The molecule has 3 nitrogen and oxygen atoms in total. The monoisotopic (exact) mass is 244 g/mol. The number of carbonyl (C=O) groups is 1. The van der Waals surface area contributed by atoms with Crippen molar-refractivity contribution in [1.82, 2.24) is 5.32 Å². The van der Waals surface area contributed by atoms with Gasteiger partial charge in [0.2, 0.25) is 5.91 Å². The lowest BCUT2D eigenvalue weighted by atomic mass is 9.85. The van der Waals surface area contributed by atoms with Gasteiger partial charge in [-0.15, -0.1) is 0 Å². The first-order valence-corrected chi connectivity index (χ1v) is 7.65. The van der Waals surface area contributed by atoms with Crippen LogP contribution in [0.2, 0.25) is 0 Å². The van der Waals surface area contributed by atoms with E-state index in [2.05, 4.69) is 11.6 Å². The van der Waals surface area contributed by atoms with Gasteiger partial charge in [0, 0.05) is 18.5 Å². The van der Waals surface area contributed by atoms with Crippen LogP contribution in [0.3, 0.4) is 0 Å². The SMILES string of the molecule is CSCCCCNC(=O)C1CCCC(N)C1. The molecule has 0 aromatic carbocycles. The zero-order chi connectivity index (χ0) is 11.8. The van der Waals surface area contributed by atoms with E-state index in [1.807, 2.05) is 11.8 Å². The van der Waals surface area contributed by atoms with E-state index < -0.39 is 0 Å². The van der Waals surface area contributed by atoms with Gasteiger partial charge in [-0.3, -0.25) is 4.79 Å². The van der Waals surface area contributed by atoms with Gasteiger partial charge in [0.15, 0.2) is 0 Å². The van der Waals surface area contributed by atoms with Crippen LogP contribution in [0.5, 0.6) is 0 Å². The molecule has 2 unspecified atom stereocenters. The van der Waals surface area contributed by atoms with Gasteiger partial charge in [-0.05, 0) is 44.1 Å². The van der Waals surface area contributed by atoms with Crippen LogP contribution < -0.4 is 11.1 Å². The molecule has 1 aliphatic rings. The molecule has 0 aromatic heterocycles. The molecule has 16 heavy (non-hydrogen) atoms. The smallest absolute Gasteiger partial charge is 0.223 e. The standard InChI is InChI=1S/C12H24N2OS/c1-16-8-3-2-7-14-12(15)10-5-4-6-11(13)9-10/h10-11H,2-9,13H2,1H3,(H,14,15). The van der Waals surface area contributed by atoms with Gasteiger partial charge in [-0.1, -0.05) is 6.42 Å². The van der Waals surface area contributed by atoms with E-state index in [0.717, 1.165) is 38.6 Å². The van der Waals surface area contributed by atoms with Crippen molar-refractivity contribution in [2.24, 2.45) is 11.7 Å². The summed E-state index contributed by atoms with van der Waals surface area (Å²) in [6, 6.07) is 0.237. The summed E-state index contributed by atoms with van der Waals surface area (Å²) in [6.45, 7) is 0.825. The van der Waals surface area contributed by atoms with E-state index >= 15 is 0 Å². The van der Waals surface area contributed by atoms with Crippen molar-refractivity contribution < 1.29 is 4.79 Å². The Morgan fingerprint density at radius 2 is 2.25 bits per heavy atom. The number of nitrogens with one attached hydrogen (secondary N) is 1. The zero-order valence-electron chi connectivity index (χ0n) is 10.2. The minimum Gasteiger partial charge on any atom is -0.356 e. The molecule has 0 aromatic rings. The molecule has 94 valence electrons. The van der Waals surface area contributed by atoms with E-state index in [1.54, 1.807) is 0 Å². The van der Waals surface area contributed by atoms with Gasteiger partial charge >= 0.3 is 0 Å². The van der Waals surface area contributed by atoms with Crippen molar-refractivity contribution in [1.29, 1.82) is 0 Å². The van der Waals surface area contributed by atoms with Crippen molar-refractivity contribution in [2.75, 3.05) is 18.6 Å². The van der Waals surface area contributed by atoms with Crippen LogP contribution in [-0.2, 0) is 4.79 Å². The third-order valence-corrected chi connectivity index (χ3v) is 3.86. The van der Waals surface area contributed by atoms with Gasteiger partial charge in [-0.25, -0.2) is 0 Å². The highest BCUT2D eigenvalue weighted by atomic mass is 32.2. The molecule has 3 N–H and O–H groups in total. The number of rotatable bonds is 6. The van der Waals surface area contributed by atoms with Crippen molar-refractivity contribution in [3.05, 3.63) is 0 Å². The van der Waals surface area contributed by atoms with Crippen LogP contribution in [0.1, 0.15) is 38.5 Å². The molecule has 1 fully saturated rings. The molecule has 4 heteroatoms. The highest BCUT2D eigenvalue weighted by Gasteiger charge is 2.24. The molecule has 2 atom stereocenters. The maximum absolute atomic E-state index is 11.8. The Labute approximate surface area is 103 Å². The Hall–Kier alpha value is -0.220. The largest absolute Gasteiger partial charge is 0.356 e. The van der Waals surface area contributed by atoms with E-state index in [9.17, 15) is 4.79 Å². The van der Waals surface area contributed by atoms with Crippen LogP contribution in [0.25, 0.3) is 0 Å². The Balaban J connectivity index is 2.09. The Morgan fingerprint density at radius 1 is 1.44 bits per heavy atom.